The molecule has 3 N–H and O–H groups in total. The van der Waals surface area contributed by atoms with Gasteiger partial charge in [-0.1, -0.05) is 26.8 Å². The molecule has 0 aliphatic carbocycles. The van der Waals surface area contributed by atoms with Crippen LogP contribution in [-0.4, -0.2) is 15.0 Å². The Kier molecular flexibility index (Phi) is 5.21. The van der Waals surface area contributed by atoms with Crippen molar-refractivity contribution < 1.29 is 8.42 Å². The molecule has 114 valence electrons. The number of hydrogen-bond donors (Lipinski definition) is 2. The number of benzene rings is 1. The van der Waals surface area contributed by atoms with E-state index in [9.17, 15) is 8.42 Å². The molecule has 1 rings (SSSR count). The minimum absolute atomic E-state index is 0.285. The van der Waals surface area contributed by atoms with Gasteiger partial charge in [0.2, 0.25) is 10.0 Å². The Hall–Kier alpha value is -1.07. The fourth-order valence-corrected chi connectivity index (χ4v) is 3.77. The highest BCUT2D eigenvalue weighted by Gasteiger charge is 2.22. The second-order valence-corrected chi connectivity index (χ2v) is 7.66. The Balaban J connectivity index is 3.14. The van der Waals surface area contributed by atoms with Crippen LogP contribution in [0.3, 0.4) is 0 Å². The Morgan fingerprint density at radius 2 is 1.70 bits per heavy atom. The summed E-state index contributed by atoms with van der Waals surface area (Å²) < 4.78 is 27.7. The average Bonchev–Trinajstić information content (AvgIpc) is 2.32. The number of hydrogen-bond acceptors (Lipinski definition) is 3. The van der Waals surface area contributed by atoms with Gasteiger partial charge in [-0.3, -0.25) is 0 Å². The van der Waals surface area contributed by atoms with E-state index in [2.05, 4.69) is 18.6 Å². The van der Waals surface area contributed by atoms with Crippen LogP contribution < -0.4 is 10.5 Å². The van der Waals surface area contributed by atoms with Gasteiger partial charge in [-0.25, -0.2) is 13.1 Å². The fourth-order valence-electron chi connectivity index (χ4n) is 2.14. The standard InChI is InChI=1S/C15H26N2O2S/c1-9(2)12(5)8-17-20(18,19)15-11(4)7-10(3)14(16)13(15)6/h7,9,12,17H,8,16H2,1-6H3. The lowest BCUT2D eigenvalue weighted by Crippen LogP contribution is -2.31. The lowest BCUT2D eigenvalue weighted by Gasteiger charge is -2.19. The Bertz CT molecular complexity index is 592. The number of anilines is 1. The molecule has 4 nitrogen and oxygen atoms in total. The predicted octanol–water partition coefficient (Wildman–Crippen LogP) is 2.76. The van der Waals surface area contributed by atoms with Crippen LogP contribution in [0.4, 0.5) is 5.69 Å². The van der Waals surface area contributed by atoms with Crippen molar-refractivity contribution in [3.05, 3.63) is 22.8 Å². The van der Waals surface area contributed by atoms with Gasteiger partial charge in [0, 0.05) is 12.2 Å². The smallest absolute Gasteiger partial charge is 0.241 e. The number of sulfonamides is 1. The molecule has 0 aliphatic rings. The van der Waals surface area contributed by atoms with Gasteiger partial charge in [-0.05, 0) is 49.3 Å². The van der Waals surface area contributed by atoms with Crippen molar-refractivity contribution in [1.29, 1.82) is 0 Å². The molecule has 0 aromatic heterocycles. The van der Waals surface area contributed by atoms with Gasteiger partial charge in [0.1, 0.15) is 0 Å². The van der Waals surface area contributed by atoms with E-state index >= 15 is 0 Å². The molecule has 0 fully saturated rings. The summed E-state index contributed by atoms with van der Waals surface area (Å²) in [7, 11) is -3.52. The van der Waals surface area contributed by atoms with Crippen molar-refractivity contribution in [2.24, 2.45) is 11.8 Å². The van der Waals surface area contributed by atoms with Crippen molar-refractivity contribution in [1.82, 2.24) is 4.72 Å². The van der Waals surface area contributed by atoms with Crippen LogP contribution in [-0.2, 0) is 10.0 Å². The minimum Gasteiger partial charge on any atom is -0.398 e. The van der Waals surface area contributed by atoms with E-state index in [0.717, 1.165) is 11.1 Å². The maximum Gasteiger partial charge on any atom is 0.241 e. The summed E-state index contributed by atoms with van der Waals surface area (Å²) in [4.78, 5) is 0.316. The first kappa shape index (κ1) is 17.0. The van der Waals surface area contributed by atoms with E-state index in [0.29, 0.717) is 28.6 Å². The van der Waals surface area contributed by atoms with E-state index in [4.69, 9.17) is 5.73 Å². The number of nitrogen functional groups attached to an aromatic ring is 1. The highest BCUT2D eigenvalue weighted by Crippen LogP contribution is 2.28. The highest BCUT2D eigenvalue weighted by atomic mass is 32.2. The first-order chi connectivity index (χ1) is 9.08. The summed E-state index contributed by atoms with van der Waals surface area (Å²) in [5, 5.41) is 0. The first-order valence-electron chi connectivity index (χ1n) is 6.93. The Morgan fingerprint density at radius 1 is 1.15 bits per heavy atom. The van der Waals surface area contributed by atoms with Gasteiger partial charge in [0.25, 0.3) is 0 Å². The second kappa shape index (κ2) is 6.14. The van der Waals surface area contributed by atoms with Crippen molar-refractivity contribution >= 4 is 15.7 Å². The minimum atomic E-state index is -3.52. The molecule has 1 unspecified atom stereocenters. The van der Waals surface area contributed by atoms with Crippen LogP contribution in [0.1, 0.15) is 37.5 Å². The molecular formula is C15H26N2O2S. The zero-order valence-corrected chi connectivity index (χ0v) is 14.1. The van der Waals surface area contributed by atoms with E-state index in [-0.39, 0.29) is 5.92 Å². The zero-order valence-electron chi connectivity index (χ0n) is 13.2. The molecule has 1 atom stereocenters. The lowest BCUT2D eigenvalue weighted by molar-refractivity contribution is 0.414. The van der Waals surface area contributed by atoms with E-state index in [1.54, 1.807) is 13.8 Å². The molecule has 0 amide bonds. The number of rotatable bonds is 5. The van der Waals surface area contributed by atoms with Gasteiger partial charge < -0.3 is 5.73 Å². The quantitative estimate of drug-likeness (QED) is 0.821. The van der Waals surface area contributed by atoms with Crippen LogP contribution in [0.5, 0.6) is 0 Å². The Labute approximate surface area is 122 Å². The Morgan fingerprint density at radius 3 is 2.20 bits per heavy atom. The van der Waals surface area contributed by atoms with Crippen molar-refractivity contribution in [3.63, 3.8) is 0 Å². The summed E-state index contributed by atoms with van der Waals surface area (Å²) in [6.07, 6.45) is 0. The molecule has 0 bridgehead atoms. The average molecular weight is 298 g/mol. The van der Waals surface area contributed by atoms with E-state index < -0.39 is 10.0 Å². The lowest BCUT2D eigenvalue weighted by atomic mass is 9.99. The van der Waals surface area contributed by atoms with Crippen LogP contribution in [0, 0.1) is 32.6 Å². The number of nitrogens with two attached hydrogens (primary N) is 1. The SMILES string of the molecule is Cc1cc(C)c(S(=O)(=O)NCC(C)C(C)C)c(C)c1N. The third-order valence-electron chi connectivity index (χ3n) is 3.96. The number of aryl methyl sites for hydroxylation is 2. The summed E-state index contributed by atoms with van der Waals surface area (Å²) in [6, 6.07) is 1.82. The number of nitrogens with one attached hydrogen (secondary N) is 1. The molecule has 1 aromatic carbocycles. The molecule has 0 spiro atoms. The molecule has 0 aliphatic heterocycles. The van der Waals surface area contributed by atoms with Gasteiger partial charge in [0.05, 0.1) is 4.90 Å². The van der Waals surface area contributed by atoms with Crippen molar-refractivity contribution in [2.75, 3.05) is 12.3 Å². The van der Waals surface area contributed by atoms with Crippen LogP contribution >= 0.6 is 0 Å². The third kappa shape index (κ3) is 3.52. The maximum atomic E-state index is 12.5. The molecule has 0 saturated heterocycles. The molecule has 20 heavy (non-hydrogen) atoms. The molecule has 1 aromatic rings. The van der Waals surface area contributed by atoms with Crippen LogP contribution in [0.25, 0.3) is 0 Å². The van der Waals surface area contributed by atoms with Crippen molar-refractivity contribution in [3.8, 4) is 0 Å². The molecule has 5 heteroatoms. The van der Waals surface area contributed by atoms with E-state index in [1.807, 2.05) is 19.9 Å². The molecule has 0 heterocycles. The van der Waals surface area contributed by atoms with Crippen molar-refractivity contribution in [2.45, 2.75) is 46.4 Å². The monoisotopic (exact) mass is 298 g/mol. The summed E-state index contributed by atoms with van der Waals surface area (Å²) in [5.74, 6) is 0.719. The van der Waals surface area contributed by atoms with Gasteiger partial charge in [-0.15, -0.1) is 0 Å². The third-order valence-corrected chi connectivity index (χ3v) is 5.68. The summed E-state index contributed by atoms with van der Waals surface area (Å²) in [6.45, 7) is 12.1. The first-order valence-corrected chi connectivity index (χ1v) is 8.42. The molecule has 0 radical (unpaired) electrons. The van der Waals surface area contributed by atoms with Crippen LogP contribution in [0.2, 0.25) is 0 Å². The molecular weight excluding hydrogens is 272 g/mol. The summed E-state index contributed by atoms with van der Waals surface area (Å²) in [5.41, 5.74) is 8.79. The van der Waals surface area contributed by atoms with Crippen LogP contribution in [0.15, 0.2) is 11.0 Å². The second-order valence-electron chi connectivity index (χ2n) is 5.95. The highest BCUT2D eigenvalue weighted by molar-refractivity contribution is 7.89. The predicted molar refractivity (Wildman–Crippen MR) is 84.3 cm³/mol. The zero-order chi connectivity index (χ0) is 15.7. The molecule has 0 saturated carbocycles. The summed E-state index contributed by atoms with van der Waals surface area (Å²) >= 11 is 0. The topological polar surface area (TPSA) is 72.2 Å². The van der Waals surface area contributed by atoms with E-state index in [1.165, 1.54) is 0 Å². The van der Waals surface area contributed by atoms with Gasteiger partial charge >= 0.3 is 0 Å². The fraction of sp³-hybridized carbons (Fsp3) is 0.600. The maximum absolute atomic E-state index is 12.5. The largest absolute Gasteiger partial charge is 0.398 e. The van der Waals surface area contributed by atoms with Gasteiger partial charge in [0.15, 0.2) is 0 Å². The normalized spacial score (nSPS) is 13.8. The van der Waals surface area contributed by atoms with Gasteiger partial charge in [-0.2, -0.15) is 0 Å².